The highest BCUT2D eigenvalue weighted by atomic mass is 16.3. The Morgan fingerprint density at radius 1 is 0.406 bits per heavy atom. The number of aromatic nitrogens is 1. The largest absolute Gasteiger partial charge is 0.456 e. The summed E-state index contributed by atoms with van der Waals surface area (Å²) < 4.78 is 9.13. The molecule has 11 aromatic rings. The third-order valence-corrected chi connectivity index (χ3v) is 14.4. The molecule has 0 atom stereocenters. The van der Waals surface area contributed by atoms with Crippen LogP contribution in [0.25, 0.3) is 82.8 Å². The molecule has 0 fully saturated rings. The lowest BCUT2D eigenvalue weighted by Gasteiger charge is -2.30. The monoisotopic (exact) mass is 824 g/mol. The summed E-state index contributed by atoms with van der Waals surface area (Å²) in [5.41, 5.74) is 21.4. The van der Waals surface area contributed by atoms with Gasteiger partial charge in [-0.3, -0.25) is 0 Å². The van der Waals surface area contributed by atoms with Gasteiger partial charge in [0.25, 0.3) is 0 Å². The molecule has 0 spiro atoms. The first-order valence-electron chi connectivity index (χ1n) is 22.1. The second kappa shape index (κ2) is 13.7. The highest BCUT2D eigenvalue weighted by Crippen LogP contribution is 2.54. The summed E-state index contributed by atoms with van der Waals surface area (Å²) in [6, 6.07) is 71.5. The SMILES string of the molecule is C.CC1(C)c2ccccc2-c2ccc(N(c3ccc4c(c3)C(C)(C)c3ccccc3-4)c3cccc4oc5ccc(-c6ccc7c(c6)c6ccccc6n7-c6ccccc6)cc5c34)cc21. The fraction of sp³-hybridized carbons (Fsp3) is 0.115. The molecule has 0 aliphatic heterocycles. The molecule has 13 rings (SSSR count). The van der Waals surface area contributed by atoms with E-state index >= 15 is 0 Å². The lowest BCUT2D eigenvalue weighted by atomic mass is 9.82. The van der Waals surface area contributed by atoms with Crippen LogP contribution >= 0.6 is 0 Å². The van der Waals surface area contributed by atoms with Crippen LogP contribution in [0.1, 0.15) is 57.4 Å². The molecule has 2 heterocycles. The first-order chi connectivity index (χ1) is 30.8. The summed E-state index contributed by atoms with van der Waals surface area (Å²) in [5, 5.41) is 4.67. The van der Waals surface area contributed by atoms with Crippen LogP contribution in [0.15, 0.2) is 199 Å². The number of nitrogens with zero attached hydrogens (tertiary/aromatic N) is 2. The zero-order valence-corrected chi connectivity index (χ0v) is 35.8. The molecule has 2 aromatic heterocycles. The van der Waals surface area contributed by atoms with Crippen LogP contribution in [-0.2, 0) is 10.8 Å². The molecule has 0 saturated heterocycles. The van der Waals surface area contributed by atoms with Crippen molar-refractivity contribution in [3.63, 3.8) is 0 Å². The fourth-order valence-corrected chi connectivity index (χ4v) is 11.3. The summed E-state index contributed by atoms with van der Waals surface area (Å²) in [6.07, 6.45) is 0. The van der Waals surface area contributed by atoms with E-state index in [0.717, 1.165) is 50.3 Å². The van der Waals surface area contributed by atoms with Crippen molar-refractivity contribution in [2.75, 3.05) is 4.90 Å². The van der Waals surface area contributed by atoms with E-state index in [4.69, 9.17) is 4.42 Å². The predicted octanol–water partition coefficient (Wildman–Crippen LogP) is 17.1. The van der Waals surface area contributed by atoms with Crippen molar-refractivity contribution in [2.45, 2.75) is 46.0 Å². The smallest absolute Gasteiger partial charge is 0.137 e. The summed E-state index contributed by atoms with van der Waals surface area (Å²) in [5.74, 6) is 0. The van der Waals surface area contributed by atoms with Gasteiger partial charge in [0.15, 0.2) is 0 Å². The van der Waals surface area contributed by atoms with Crippen LogP contribution in [0.2, 0.25) is 0 Å². The topological polar surface area (TPSA) is 21.3 Å². The fourth-order valence-electron chi connectivity index (χ4n) is 11.3. The molecule has 64 heavy (non-hydrogen) atoms. The Bertz CT molecular complexity index is 3590. The molecule has 0 N–H and O–H groups in total. The number of anilines is 3. The highest BCUT2D eigenvalue weighted by Gasteiger charge is 2.38. The molecule has 308 valence electrons. The Morgan fingerprint density at radius 3 is 1.62 bits per heavy atom. The molecular weight excluding hydrogens is 777 g/mol. The van der Waals surface area contributed by atoms with Gasteiger partial charge < -0.3 is 13.9 Å². The van der Waals surface area contributed by atoms with Crippen molar-refractivity contribution in [1.29, 1.82) is 0 Å². The standard InChI is InChI=1S/C60H44N2O.CH4/c1-59(2)49-20-11-8-17-42(49)44-29-27-40(35-51(44)59)61(41-28-30-45-43-18-9-12-21-50(43)60(3,4)52(45)36-41)55-23-14-24-57-58(55)48-34-38(26-32-56(48)63-57)37-25-31-54-47(33-37)46-19-10-13-22-53(46)62(54)39-15-6-5-7-16-39;/h5-36H,1-4H3;1H4. The van der Waals surface area contributed by atoms with Crippen LogP contribution < -0.4 is 4.90 Å². The zero-order chi connectivity index (χ0) is 42.2. The van der Waals surface area contributed by atoms with Crippen molar-refractivity contribution in [3.8, 4) is 39.1 Å². The Kier molecular flexibility index (Phi) is 8.15. The first kappa shape index (κ1) is 38.1. The van der Waals surface area contributed by atoms with Gasteiger partial charge >= 0.3 is 0 Å². The van der Waals surface area contributed by atoms with Gasteiger partial charge in [0.05, 0.1) is 22.1 Å². The number of hydrogen-bond donors (Lipinski definition) is 0. The first-order valence-corrected chi connectivity index (χ1v) is 22.1. The molecule has 3 heteroatoms. The third kappa shape index (κ3) is 5.28. The van der Waals surface area contributed by atoms with E-state index in [0.29, 0.717) is 0 Å². The van der Waals surface area contributed by atoms with Gasteiger partial charge in [0.1, 0.15) is 11.2 Å². The lowest BCUT2D eigenvalue weighted by molar-refractivity contribution is 0.660. The number of furan rings is 1. The maximum Gasteiger partial charge on any atom is 0.137 e. The Morgan fingerprint density at radius 2 is 0.953 bits per heavy atom. The minimum Gasteiger partial charge on any atom is -0.456 e. The maximum absolute atomic E-state index is 6.75. The molecule has 2 aliphatic carbocycles. The average Bonchev–Trinajstić information content (AvgIpc) is 4.00. The quantitative estimate of drug-likeness (QED) is 0.172. The number of benzene rings is 9. The molecular formula is C61H48N2O. The minimum absolute atomic E-state index is 0. The predicted molar refractivity (Wildman–Crippen MR) is 270 cm³/mol. The van der Waals surface area contributed by atoms with E-state index in [1.54, 1.807) is 0 Å². The Labute approximate surface area is 374 Å². The van der Waals surface area contributed by atoms with E-state index in [2.05, 4.69) is 231 Å². The molecule has 2 aliphatic rings. The van der Waals surface area contributed by atoms with Gasteiger partial charge in [-0.05, 0) is 134 Å². The zero-order valence-electron chi connectivity index (χ0n) is 35.8. The second-order valence-corrected chi connectivity index (χ2v) is 18.5. The number of rotatable bonds is 5. The van der Waals surface area contributed by atoms with E-state index in [1.807, 2.05) is 0 Å². The molecule has 3 nitrogen and oxygen atoms in total. The van der Waals surface area contributed by atoms with Crippen molar-refractivity contribution in [3.05, 3.63) is 216 Å². The van der Waals surface area contributed by atoms with Crippen molar-refractivity contribution >= 4 is 60.8 Å². The molecule has 0 amide bonds. The summed E-state index contributed by atoms with van der Waals surface area (Å²) in [4.78, 5) is 2.48. The molecule has 0 radical (unpaired) electrons. The summed E-state index contributed by atoms with van der Waals surface area (Å²) in [6.45, 7) is 9.46. The van der Waals surface area contributed by atoms with Gasteiger partial charge in [-0.2, -0.15) is 0 Å². The van der Waals surface area contributed by atoms with Gasteiger partial charge in [-0.1, -0.05) is 150 Å². The van der Waals surface area contributed by atoms with E-state index in [9.17, 15) is 0 Å². The van der Waals surface area contributed by atoms with Crippen LogP contribution in [-0.4, -0.2) is 4.57 Å². The number of fused-ring (bicyclic) bond motifs is 12. The van der Waals surface area contributed by atoms with E-state index < -0.39 is 0 Å². The Balaban J connectivity index is 0.00000433. The van der Waals surface area contributed by atoms with Crippen LogP contribution in [0.3, 0.4) is 0 Å². The van der Waals surface area contributed by atoms with Crippen LogP contribution in [0.4, 0.5) is 17.1 Å². The summed E-state index contributed by atoms with van der Waals surface area (Å²) in [7, 11) is 0. The number of hydrogen-bond acceptors (Lipinski definition) is 2. The van der Waals surface area contributed by atoms with Gasteiger partial charge in [0, 0.05) is 44.1 Å². The molecule has 0 saturated carbocycles. The van der Waals surface area contributed by atoms with Crippen LogP contribution in [0, 0.1) is 0 Å². The van der Waals surface area contributed by atoms with E-state index in [-0.39, 0.29) is 18.3 Å². The van der Waals surface area contributed by atoms with Crippen molar-refractivity contribution in [1.82, 2.24) is 4.57 Å². The highest BCUT2D eigenvalue weighted by molar-refractivity contribution is 6.15. The van der Waals surface area contributed by atoms with Gasteiger partial charge in [-0.25, -0.2) is 0 Å². The Hall–Kier alpha value is -7.62. The number of para-hydroxylation sites is 2. The average molecular weight is 825 g/mol. The summed E-state index contributed by atoms with van der Waals surface area (Å²) >= 11 is 0. The molecule has 0 unspecified atom stereocenters. The van der Waals surface area contributed by atoms with E-state index in [1.165, 1.54) is 71.9 Å². The van der Waals surface area contributed by atoms with Crippen molar-refractivity contribution < 1.29 is 4.42 Å². The third-order valence-electron chi connectivity index (χ3n) is 14.4. The van der Waals surface area contributed by atoms with Crippen LogP contribution in [0.5, 0.6) is 0 Å². The van der Waals surface area contributed by atoms with Crippen molar-refractivity contribution in [2.24, 2.45) is 0 Å². The van der Waals surface area contributed by atoms with Gasteiger partial charge in [0.2, 0.25) is 0 Å². The maximum atomic E-state index is 6.75. The molecule has 9 aromatic carbocycles. The van der Waals surface area contributed by atoms with Gasteiger partial charge in [-0.15, -0.1) is 0 Å². The normalized spacial score (nSPS) is 14.1. The molecule has 0 bridgehead atoms. The lowest BCUT2D eigenvalue weighted by Crippen LogP contribution is -2.18. The second-order valence-electron chi connectivity index (χ2n) is 18.5. The minimum atomic E-state index is -0.146.